The van der Waals surface area contributed by atoms with E-state index >= 15 is 0 Å². The fourth-order valence-electron chi connectivity index (χ4n) is 1.53. The van der Waals surface area contributed by atoms with Gasteiger partial charge in [-0.25, -0.2) is 4.79 Å². The third kappa shape index (κ3) is 3.99. The van der Waals surface area contributed by atoms with Crippen LogP contribution in [0.3, 0.4) is 0 Å². The molecule has 0 saturated carbocycles. The molecule has 0 bridgehead atoms. The van der Waals surface area contributed by atoms with Gasteiger partial charge in [-0.15, -0.1) is 0 Å². The van der Waals surface area contributed by atoms with E-state index in [-0.39, 0.29) is 17.6 Å². The summed E-state index contributed by atoms with van der Waals surface area (Å²) in [5.41, 5.74) is -0.0141. The van der Waals surface area contributed by atoms with E-state index in [9.17, 15) is 4.79 Å². The molecule has 0 heterocycles. The first-order chi connectivity index (χ1) is 6.16. The van der Waals surface area contributed by atoms with Gasteiger partial charge >= 0.3 is 6.09 Å². The van der Waals surface area contributed by atoms with Crippen molar-refractivity contribution >= 4 is 6.09 Å². The standard InChI is InChI=1S/C11H23NO2/c1-8(2)9(11(3,4)5)14-10(13)12(6)7/h8-9H,1-7H3/t9-/m0/s1. The van der Waals surface area contributed by atoms with E-state index in [1.807, 2.05) is 0 Å². The minimum absolute atomic E-state index is 0.0141. The molecule has 0 spiro atoms. The van der Waals surface area contributed by atoms with Crippen molar-refractivity contribution < 1.29 is 9.53 Å². The number of hydrogen-bond donors (Lipinski definition) is 0. The molecule has 0 aliphatic rings. The van der Waals surface area contributed by atoms with Gasteiger partial charge in [-0.1, -0.05) is 34.6 Å². The first kappa shape index (κ1) is 13.3. The summed E-state index contributed by atoms with van der Waals surface area (Å²) in [6.07, 6.45) is -0.309. The fourth-order valence-corrected chi connectivity index (χ4v) is 1.53. The summed E-state index contributed by atoms with van der Waals surface area (Å²) in [4.78, 5) is 12.9. The highest BCUT2D eigenvalue weighted by atomic mass is 16.6. The smallest absolute Gasteiger partial charge is 0.409 e. The zero-order chi connectivity index (χ0) is 11.5. The van der Waals surface area contributed by atoms with Crippen molar-refractivity contribution in [2.24, 2.45) is 11.3 Å². The van der Waals surface area contributed by atoms with Gasteiger partial charge in [0.25, 0.3) is 0 Å². The molecule has 14 heavy (non-hydrogen) atoms. The predicted molar refractivity (Wildman–Crippen MR) is 58.2 cm³/mol. The molecule has 3 nitrogen and oxygen atoms in total. The Bertz CT molecular complexity index is 192. The number of nitrogens with zero attached hydrogens (tertiary/aromatic N) is 1. The molecule has 0 N–H and O–H groups in total. The predicted octanol–water partition coefficient (Wildman–Crippen LogP) is 2.76. The number of hydrogen-bond acceptors (Lipinski definition) is 2. The van der Waals surface area contributed by atoms with Gasteiger partial charge in [-0.3, -0.25) is 0 Å². The monoisotopic (exact) mass is 201 g/mol. The molecule has 1 amide bonds. The summed E-state index contributed by atoms with van der Waals surface area (Å²) in [5.74, 6) is 0.332. The average molecular weight is 201 g/mol. The van der Waals surface area contributed by atoms with E-state index in [0.717, 1.165) is 0 Å². The van der Waals surface area contributed by atoms with Gasteiger partial charge in [0.1, 0.15) is 6.10 Å². The lowest BCUT2D eigenvalue weighted by atomic mass is 9.82. The molecule has 0 aliphatic carbocycles. The lowest BCUT2D eigenvalue weighted by molar-refractivity contribution is -0.00990. The average Bonchev–Trinajstić information content (AvgIpc) is 1.96. The number of amides is 1. The Morgan fingerprint density at radius 2 is 1.64 bits per heavy atom. The Balaban J connectivity index is 4.48. The van der Waals surface area contributed by atoms with E-state index in [1.54, 1.807) is 14.1 Å². The second kappa shape index (κ2) is 4.67. The number of ether oxygens (including phenoxy) is 1. The molecule has 0 aliphatic heterocycles. The van der Waals surface area contributed by atoms with E-state index in [1.165, 1.54) is 4.90 Å². The van der Waals surface area contributed by atoms with Crippen LogP contribution < -0.4 is 0 Å². The molecule has 0 radical (unpaired) electrons. The van der Waals surface area contributed by atoms with Gasteiger partial charge < -0.3 is 9.64 Å². The molecule has 3 heteroatoms. The normalized spacial score (nSPS) is 14.0. The van der Waals surface area contributed by atoms with Crippen LogP contribution >= 0.6 is 0 Å². The molecule has 0 unspecified atom stereocenters. The van der Waals surface area contributed by atoms with Crippen LogP contribution in [-0.2, 0) is 4.74 Å². The molecule has 1 atom stereocenters. The minimum atomic E-state index is -0.265. The van der Waals surface area contributed by atoms with Crippen molar-refractivity contribution in [1.82, 2.24) is 4.90 Å². The quantitative estimate of drug-likeness (QED) is 0.687. The molecule has 0 aromatic heterocycles. The van der Waals surface area contributed by atoms with E-state index in [2.05, 4.69) is 34.6 Å². The van der Waals surface area contributed by atoms with Crippen molar-refractivity contribution in [3.05, 3.63) is 0 Å². The summed E-state index contributed by atoms with van der Waals surface area (Å²) >= 11 is 0. The maximum absolute atomic E-state index is 11.4. The summed E-state index contributed by atoms with van der Waals surface area (Å²) in [6, 6.07) is 0. The molecular formula is C11H23NO2. The summed E-state index contributed by atoms with van der Waals surface area (Å²) in [6.45, 7) is 10.4. The first-order valence-corrected chi connectivity index (χ1v) is 5.04. The van der Waals surface area contributed by atoms with Gasteiger partial charge in [-0.2, -0.15) is 0 Å². The van der Waals surface area contributed by atoms with Crippen molar-refractivity contribution in [2.75, 3.05) is 14.1 Å². The molecular weight excluding hydrogens is 178 g/mol. The van der Waals surface area contributed by atoms with Gasteiger partial charge in [0, 0.05) is 14.1 Å². The Hall–Kier alpha value is -0.730. The van der Waals surface area contributed by atoms with E-state index in [0.29, 0.717) is 5.92 Å². The molecule has 0 saturated heterocycles. The number of carbonyl (C=O) groups excluding carboxylic acids is 1. The van der Waals surface area contributed by atoms with Crippen LogP contribution in [0.5, 0.6) is 0 Å². The largest absolute Gasteiger partial charge is 0.445 e. The van der Waals surface area contributed by atoms with Gasteiger partial charge in [0.05, 0.1) is 0 Å². The molecule has 84 valence electrons. The topological polar surface area (TPSA) is 29.5 Å². The van der Waals surface area contributed by atoms with Gasteiger partial charge in [-0.05, 0) is 11.3 Å². The fraction of sp³-hybridized carbons (Fsp3) is 0.909. The minimum Gasteiger partial charge on any atom is -0.445 e. The van der Waals surface area contributed by atoms with Crippen LogP contribution in [0.2, 0.25) is 0 Å². The van der Waals surface area contributed by atoms with E-state index < -0.39 is 0 Å². The van der Waals surface area contributed by atoms with Crippen LogP contribution in [0, 0.1) is 11.3 Å². The maximum Gasteiger partial charge on any atom is 0.409 e. The Morgan fingerprint density at radius 3 is 1.86 bits per heavy atom. The maximum atomic E-state index is 11.4. The van der Waals surface area contributed by atoms with Crippen LogP contribution in [-0.4, -0.2) is 31.2 Å². The lowest BCUT2D eigenvalue weighted by Crippen LogP contribution is -2.39. The third-order valence-corrected chi connectivity index (χ3v) is 2.05. The first-order valence-electron chi connectivity index (χ1n) is 5.04. The van der Waals surface area contributed by atoms with Crippen molar-refractivity contribution in [1.29, 1.82) is 0 Å². The van der Waals surface area contributed by atoms with Crippen LogP contribution in [0.4, 0.5) is 4.79 Å². The summed E-state index contributed by atoms with van der Waals surface area (Å²) < 4.78 is 5.42. The highest BCUT2D eigenvalue weighted by molar-refractivity contribution is 5.67. The SMILES string of the molecule is CC(C)[C@H](OC(=O)N(C)C)C(C)(C)C. The zero-order valence-electron chi connectivity index (χ0n) is 10.4. The summed E-state index contributed by atoms with van der Waals surface area (Å²) in [5, 5.41) is 0. The van der Waals surface area contributed by atoms with Crippen LogP contribution in [0.1, 0.15) is 34.6 Å². The zero-order valence-corrected chi connectivity index (χ0v) is 10.4. The molecule has 0 rings (SSSR count). The number of rotatable bonds is 2. The van der Waals surface area contributed by atoms with Crippen molar-refractivity contribution in [2.45, 2.75) is 40.7 Å². The van der Waals surface area contributed by atoms with Crippen molar-refractivity contribution in [3.63, 3.8) is 0 Å². The van der Waals surface area contributed by atoms with Gasteiger partial charge in [0.15, 0.2) is 0 Å². The molecule has 0 aromatic rings. The Labute approximate surface area is 87.4 Å². The highest BCUT2D eigenvalue weighted by Gasteiger charge is 2.31. The Kier molecular flexibility index (Phi) is 4.43. The highest BCUT2D eigenvalue weighted by Crippen LogP contribution is 2.28. The van der Waals surface area contributed by atoms with E-state index in [4.69, 9.17) is 4.74 Å². The Morgan fingerprint density at radius 1 is 1.21 bits per heavy atom. The lowest BCUT2D eigenvalue weighted by Gasteiger charge is -2.34. The third-order valence-electron chi connectivity index (χ3n) is 2.05. The summed E-state index contributed by atoms with van der Waals surface area (Å²) in [7, 11) is 3.39. The molecule has 0 aromatic carbocycles. The molecule has 0 fully saturated rings. The van der Waals surface area contributed by atoms with Crippen LogP contribution in [0.15, 0.2) is 0 Å². The number of carbonyl (C=O) groups is 1. The van der Waals surface area contributed by atoms with Crippen molar-refractivity contribution in [3.8, 4) is 0 Å². The van der Waals surface area contributed by atoms with Crippen LogP contribution in [0.25, 0.3) is 0 Å². The van der Waals surface area contributed by atoms with Gasteiger partial charge in [0.2, 0.25) is 0 Å². The second-order valence-corrected chi connectivity index (χ2v) is 5.31. The second-order valence-electron chi connectivity index (χ2n) is 5.31.